The second-order valence-electron chi connectivity index (χ2n) is 6.29. The summed E-state index contributed by atoms with van der Waals surface area (Å²) in [4.78, 5) is 14.2. The molecular formula is C18H21F2N3O. The average Bonchev–Trinajstić information content (AvgIpc) is 3.07. The number of rotatable bonds is 5. The topological polar surface area (TPSA) is 38.1 Å². The highest BCUT2D eigenvalue weighted by Gasteiger charge is 2.24. The Kier molecular flexibility index (Phi) is 5.23. The molecular weight excluding hydrogens is 312 g/mol. The lowest BCUT2D eigenvalue weighted by atomic mass is 9.91. The van der Waals surface area contributed by atoms with Crippen molar-refractivity contribution in [1.82, 2.24) is 14.7 Å². The third kappa shape index (κ3) is 3.99. The van der Waals surface area contributed by atoms with Gasteiger partial charge in [0.25, 0.3) is 0 Å². The van der Waals surface area contributed by atoms with Crippen molar-refractivity contribution in [2.75, 3.05) is 13.1 Å². The van der Waals surface area contributed by atoms with Crippen molar-refractivity contribution in [3.63, 3.8) is 0 Å². The Hall–Kier alpha value is -2.24. The Morgan fingerprint density at radius 3 is 2.75 bits per heavy atom. The molecule has 1 fully saturated rings. The number of piperidine rings is 1. The van der Waals surface area contributed by atoms with Crippen LogP contribution in [0.15, 0.2) is 36.7 Å². The van der Waals surface area contributed by atoms with E-state index in [0.717, 1.165) is 19.4 Å². The predicted molar refractivity (Wildman–Crippen MR) is 86.2 cm³/mol. The number of hydrogen-bond acceptors (Lipinski definition) is 2. The first-order valence-electron chi connectivity index (χ1n) is 8.31. The molecule has 24 heavy (non-hydrogen) atoms. The number of nitrogens with zero attached hydrogens (tertiary/aromatic N) is 3. The monoisotopic (exact) mass is 333 g/mol. The van der Waals surface area contributed by atoms with E-state index in [1.165, 1.54) is 18.2 Å². The lowest BCUT2D eigenvalue weighted by molar-refractivity contribution is -0.133. The van der Waals surface area contributed by atoms with E-state index in [4.69, 9.17) is 0 Å². The molecule has 0 bridgehead atoms. The molecule has 1 aromatic carbocycles. The van der Waals surface area contributed by atoms with Crippen LogP contribution in [0.5, 0.6) is 0 Å². The number of likely N-dealkylation sites (tertiary alicyclic amines) is 1. The van der Waals surface area contributed by atoms with Crippen molar-refractivity contribution in [2.24, 2.45) is 5.92 Å². The molecule has 1 atom stereocenters. The third-order valence-electron chi connectivity index (χ3n) is 4.59. The van der Waals surface area contributed by atoms with E-state index < -0.39 is 11.6 Å². The summed E-state index contributed by atoms with van der Waals surface area (Å²) in [6.07, 6.45) is 6.38. The van der Waals surface area contributed by atoms with Gasteiger partial charge in [-0.25, -0.2) is 8.78 Å². The molecule has 0 radical (unpaired) electrons. The molecule has 1 aromatic heterocycles. The van der Waals surface area contributed by atoms with Crippen molar-refractivity contribution in [3.8, 4) is 0 Å². The van der Waals surface area contributed by atoms with Crippen molar-refractivity contribution >= 4 is 5.91 Å². The lowest BCUT2D eigenvalue weighted by Crippen LogP contribution is -2.41. The summed E-state index contributed by atoms with van der Waals surface area (Å²) in [6.45, 7) is 1.63. The summed E-state index contributed by atoms with van der Waals surface area (Å²) >= 11 is 0. The summed E-state index contributed by atoms with van der Waals surface area (Å²) < 4.78 is 29.0. The zero-order valence-corrected chi connectivity index (χ0v) is 13.5. The highest BCUT2D eigenvalue weighted by atomic mass is 19.1. The van der Waals surface area contributed by atoms with Crippen LogP contribution in [0.3, 0.4) is 0 Å². The molecule has 0 spiro atoms. The SMILES string of the molecule is O=C(Cn1cccn1)N1CCC[C@H](CCc2c(F)cccc2F)C1. The van der Waals surface area contributed by atoms with Gasteiger partial charge >= 0.3 is 0 Å². The van der Waals surface area contributed by atoms with Gasteiger partial charge in [0.1, 0.15) is 18.2 Å². The normalized spacial score (nSPS) is 17.9. The maximum absolute atomic E-state index is 13.7. The molecule has 0 unspecified atom stereocenters. The standard InChI is InChI=1S/C18H21F2N3O/c19-16-5-1-6-17(20)15(16)8-7-14-4-2-10-22(12-14)18(24)13-23-11-3-9-21-23/h1,3,5-6,9,11,14H,2,4,7-8,10,12-13H2/t14-/m1/s1. The molecule has 1 aliphatic rings. The molecule has 3 rings (SSSR count). The van der Waals surface area contributed by atoms with Gasteiger partial charge < -0.3 is 4.90 Å². The number of benzene rings is 1. The predicted octanol–water partition coefficient (Wildman–Crippen LogP) is 3.03. The van der Waals surface area contributed by atoms with Crippen LogP contribution in [-0.4, -0.2) is 33.7 Å². The Bertz CT molecular complexity index is 667. The minimum Gasteiger partial charge on any atom is -0.341 e. The first-order valence-corrected chi connectivity index (χ1v) is 8.31. The zero-order chi connectivity index (χ0) is 16.9. The maximum atomic E-state index is 13.7. The molecule has 1 aliphatic heterocycles. The Balaban J connectivity index is 1.54. The van der Waals surface area contributed by atoms with Crippen LogP contribution in [0.25, 0.3) is 0 Å². The first kappa shape index (κ1) is 16.6. The van der Waals surface area contributed by atoms with Gasteiger partial charge in [0, 0.05) is 31.0 Å². The molecule has 0 aliphatic carbocycles. The summed E-state index contributed by atoms with van der Waals surface area (Å²) in [7, 11) is 0. The van der Waals surface area contributed by atoms with E-state index in [1.807, 2.05) is 4.90 Å². The fourth-order valence-electron chi connectivity index (χ4n) is 3.28. The smallest absolute Gasteiger partial charge is 0.244 e. The van der Waals surface area contributed by atoms with Crippen LogP contribution in [0.2, 0.25) is 0 Å². The van der Waals surface area contributed by atoms with Crippen molar-refractivity contribution in [3.05, 3.63) is 53.9 Å². The molecule has 2 aromatic rings. The quantitative estimate of drug-likeness (QED) is 0.843. The second kappa shape index (κ2) is 7.55. The number of carbonyl (C=O) groups excluding carboxylic acids is 1. The Labute approximate surface area is 140 Å². The minimum absolute atomic E-state index is 0.0421. The largest absolute Gasteiger partial charge is 0.341 e. The van der Waals surface area contributed by atoms with Crippen LogP contribution in [0, 0.1) is 17.6 Å². The number of amides is 1. The van der Waals surface area contributed by atoms with Crippen LogP contribution < -0.4 is 0 Å². The second-order valence-corrected chi connectivity index (χ2v) is 6.29. The zero-order valence-electron chi connectivity index (χ0n) is 13.5. The fourth-order valence-corrected chi connectivity index (χ4v) is 3.28. The molecule has 1 amide bonds. The summed E-state index contributed by atoms with van der Waals surface area (Å²) in [5.74, 6) is -0.658. The number of halogens is 2. The number of carbonyl (C=O) groups is 1. The summed E-state index contributed by atoms with van der Waals surface area (Å²) in [5, 5.41) is 4.05. The summed E-state index contributed by atoms with van der Waals surface area (Å²) in [6, 6.07) is 5.75. The van der Waals surface area contributed by atoms with Crippen LogP contribution >= 0.6 is 0 Å². The Morgan fingerprint density at radius 2 is 2.04 bits per heavy atom. The number of aromatic nitrogens is 2. The van der Waals surface area contributed by atoms with E-state index in [9.17, 15) is 13.6 Å². The summed E-state index contributed by atoms with van der Waals surface area (Å²) in [5.41, 5.74) is 0.150. The fraction of sp³-hybridized carbons (Fsp3) is 0.444. The van der Waals surface area contributed by atoms with Crippen LogP contribution in [0.4, 0.5) is 8.78 Å². The molecule has 6 heteroatoms. The molecule has 2 heterocycles. The molecule has 1 saturated heterocycles. The molecule has 0 saturated carbocycles. The van der Waals surface area contributed by atoms with Crippen LogP contribution in [0.1, 0.15) is 24.8 Å². The third-order valence-corrected chi connectivity index (χ3v) is 4.59. The van der Waals surface area contributed by atoms with Crippen molar-refractivity contribution in [1.29, 1.82) is 0 Å². The van der Waals surface area contributed by atoms with Gasteiger partial charge in [-0.05, 0) is 49.8 Å². The molecule has 4 nitrogen and oxygen atoms in total. The van der Waals surface area contributed by atoms with E-state index in [-0.39, 0.29) is 23.9 Å². The average molecular weight is 333 g/mol. The van der Waals surface area contributed by atoms with Gasteiger partial charge in [0.15, 0.2) is 0 Å². The van der Waals surface area contributed by atoms with E-state index in [0.29, 0.717) is 19.4 Å². The highest BCUT2D eigenvalue weighted by molar-refractivity contribution is 5.76. The van der Waals surface area contributed by atoms with Gasteiger partial charge in [-0.2, -0.15) is 5.10 Å². The van der Waals surface area contributed by atoms with E-state index in [1.54, 1.807) is 23.1 Å². The highest BCUT2D eigenvalue weighted by Crippen LogP contribution is 2.23. The first-order chi connectivity index (χ1) is 11.6. The Morgan fingerprint density at radius 1 is 1.25 bits per heavy atom. The van der Waals surface area contributed by atoms with Crippen LogP contribution in [-0.2, 0) is 17.8 Å². The molecule has 128 valence electrons. The van der Waals surface area contributed by atoms with Gasteiger partial charge in [0.2, 0.25) is 5.91 Å². The van der Waals surface area contributed by atoms with Gasteiger partial charge in [0.05, 0.1) is 0 Å². The number of hydrogen-bond donors (Lipinski definition) is 0. The maximum Gasteiger partial charge on any atom is 0.244 e. The van der Waals surface area contributed by atoms with Crippen molar-refractivity contribution < 1.29 is 13.6 Å². The lowest BCUT2D eigenvalue weighted by Gasteiger charge is -2.33. The van der Waals surface area contributed by atoms with E-state index >= 15 is 0 Å². The van der Waals surface area contributed by atoms with E-state index in [2.05, 4.69) is 5.10 Å². The van der Waals surface area contributed by atoms with Gasteiger partial charge in [-0.15, -0.1) is 0 Å². The minimum atomic E-state index is -0.488. The van der Waals surface area contributed by atoms with Gasteiger partial charge in [-0.3, -0.25) is 9.48 Å². The molecule has 0 N–H and O–H groups in total. The van der Waals surface area contributed by atoms with Gasteiger partial charge in [-0.1, -0.05) is 6.07 Å². The van der Waals surface area contributed by atoms with Crippen molar-refractivity contribution in [2.45, 2.75) is 32.2 Å².